The summed E-state index contributed by atoms with van der Waals surface area (Å²) < 4.78 is 28.6. The van der Waals surface area contributed by atoms with Crippen LogP contribution in [0.4, 0.5) is 5.69 Å². The van der Waals surface area contributed by atoms with Gasteiger partial charge in [0.1, 0.15) is 12.6 Å². The van der Waals surface area contributed by atoms with E-state index >= 15 is 0 Å². The van der Waals surface area contributed by atoms with E-state index in [1.807, 2.05) is 30.3 Å². The molecule has 212 valence electrons. The van der Waals surface area contributed by atoms with Crippen LogP contribution < -0.4 is 9.62 Å². The summed E-state index contributed by atoms with van der Waals surface area (Å²) in [5, 5.41) is 3.49. The first-order chi connectivity index (χ1) is 19.2. The lowest BCUT2D eigenvalue weighted by Crippen LogP contribution is -2.53. The van der Waals surface area contributed by atoms with Crippen LogP contribution in [0, 0.1) is 0 Å². The van der Waals surface area contributed by atoms with E-state index in [-0.39, 0.29) is 34.1 Å². The molecule has 1 saturated carbocycles. The number of nitrogens with zero attached hydrogens (tertiary/aromatic N) is 2. The van der Waals surface area contributed by atoms with Gasteiger partial charge in [-0.3, -0.25) is 13.9 Å². The van der Waals surface area contributed by atoms with E-state index in [9.17, 15) is 18.0 Å². The Bertz CT molecular complexity index is 1420. The minimum absolute atomic E-state index is 0.0108. The predicted octanol–water partition coefficient (Wildman–Crippen LogP) is 5.71. The molecule has 0 bridgehead atoms. The molecule has 0 saturated heterocycles. The molecule has 3 aromatic rings. The molecule has 2 amide bonds. The Morgan fingerprint density at radius 2 is 1.57 bits per heavy atom. The van der Waals surface area contributed by atoms with Gasteiger partial charge in [0.2, 0.25) is 11.8 Å². The molecule has 1 N–H and O–H groups in total. The number of halogens is 2. The van der Waals surface area contributed by atoms with E-state index < -0.39 is 28.5 Å². The van der Waals surface area contributed by atoms with Gasteiger partial charge >= 0.3 is 0 Å². The third kappa shape index (κ3) is 7.36. The molecular weight excluding hydrogens is 569 g/mol. The number of hydrogen-bond donors (Lipinski definition) is 1. The number of nitrogens with one attached hydrogen (secondary N) is 1. The molecule has 10 heteroatoms. The molecule has 0 radical (unpaired) electrons. The van der Waals surface area contributed by atoms with Crippen LogP contribution in [-0.4, -0.2) is 50.3 Å². The van der Waals surface area contributed by atoms with E-state index in [1.54, 1.807) is 25.1 Å². The quantitative estimate of drug-likeness (QED) is 0.305. The first-order valence-electron chi connectivity index (χ1n) is 13.3. The number of hydrogen-bond acceptors (Lipinski definition) is 4. The molecule has 0 heterocycles. The zero-order valence-corrected chi connectivity index (χ0v) is 24.6. The van der Waals surface area contributed by atoms with E-state index in [1.165, 1.54) is 35.2 Å². The van der Waals surface area contributed by atoms with Crippen molar-refractivity contribution in [3.8, 4) is 0 Å². The van der Waals surface area contributed by atoms with Crippen molar-refractivity contribution in [2.75, 3.05) is 17.4 Å². The summed E-state index contributed by atoms with van der Waals surface area (Å²) in [6.07, 6.45) is 4.44. The van der Waals surface area contributed by atoms with Crippen LogP contribution in [0.1, 0.15) is 38.2 Å². The smallest absolute Gasteiger partial charge is 0.264 e. The van der Waals surface area contributed by atoms with Crippen molar-refractivity contribution in [2.45, 2.75) is 56.0 Å². The Hall–Kier alpha value is -3.07. The van der Waals surface area contributed by atoms with Gasteiger partial charge in [0.25, 0.3) is 10.0 Å². The van der Waals surface area contributed by atoms with Crippen LogP contribution in [0.2, 0.25) is 10.0 Å². The fourth-order valence-corrected chi connectivity index (χ4v) is 6.89. The molecule has 7 nitrogen and oxygen atoms in total. The molecule has 0 unspecified atom stereocenters. The van der Waals surface area contributed by atoms with Crippen LogP contribution in [0.25, 0.3) is 0 Å². The van der Waals surface area contributed by atoms with Crippen molar-refractivity contribution >= 4 is 50.7 Å². The molecule has 0 aromatic heterocycles. The number of carbonyl (C=O) groups excluding carboxylic acids is 2. The number of rotatable bonds is 11. The van der Waals surface area contributed by atoms with Gasteiger partial charge in [-0.05, 0) is 62.1 Å². The van der Waals surface area contributed by atoms with Gasteiger partial charge in [-0.1, -0.05) is 84.6 Å². The number of sulfonamides is 1. The normalized spacial score (nSPS) is 14.5. The van der Waals surface area contributed by atoms with Crippen LogP contribution in [0.3, 0.4) is 0 Å². The second-order valence-corrected chi connectivity index (χ2v) is 12.6. The molecule has 1 aliphatic rings. The van der Waals surface area contributed by atoms with Crippen molar-refractivity contribution < 1.29 is 18.0 Å². The fraction of sp³-hybridized carbons (Fsp3) is 0.333. The molecule has 1 atom stereocenters. The fourth-order valence-electron chi connectivity index (χ4n) is 4.88. The summed E-state index contributed by atoms with van der Waals surface area (Å²) in [6.45, 7) is 1.36. The molecule has 0 spiro atoms. The third-order valence-electron chi connectivity index (χ3n) is 7.14. The lowest BCUT2D eigenvalue weighted by molar-refractivity contribution is -0.139. The first-order valence-corrected chi connectivity index (χ1v) is 15.5. The second kappa shape index (κ2) is 13.5. The summed E-state index contributed by atoms with van der Waals surface area (Å²) in [5.41, 5.74) is 1.12. The number of carbonyl (C=O) groups is 2. The van der Waals surface area contributed by atoms with Gasteiger partial charge < -0.3 is 10.2 Å². The minimum atomic E-state index is -4.19. The highest BCUT2D eigenvalue weighted by Gasteiger charge is 2.33. The van der Waals surface area contributed by atoms with Gasteiger partial charge in [-0.15, -0.1) is 0 Å². The van der Waals surface area contributed by atoms with E-state index in [0.29, 0.717) is 11.4 Å². The number of benzene rings is 3. The Labute approximate surface area is 246 Å². The zero-order chi connectivity index (χ0) is 28.7. The van der Waals surface area contributed by atoms with Gasteiger partial charge in [0.05, 0.1) is 15.6 Å². The molecule has 1 fully saturated rings. The number of anilines is 1. The molecule has 1 aliphatic carbocycles. The van der Waals surface area contributed by atoms with Crippen LogP contribution in [0.5, 0.6) is 0 Å². The Morgan fingerprint density at radius 3 is 2.20 bits per heavy atom. The molecule has 40 heavy (non-hydrogen) atoms. The number of amides is 2. The monoisotopic (exact) mass is 601 g/mol. The minimum Gasteiger partial charge on any atom is -0.352 e. The molecule has 4 rings (SSSR count). The largest absolute Gasteiger partial charge is 0.352 e. The van der Waals surface area contributed by atoms with Crippen molar-refractivity contribution in [1.29, 1.82) is 0 Å². The predicted molar refractivity (Wildman–Crippen MR) is 159 cm³/mol. The summed E-state index contributed by atoms with van der Waals surface area (Å²) in [5.74, 6) is -0.772. The lowest BCUT2D eigenvalue weighted by atomic mass is 10.1. The van der Waals surface area contributed by atoms with E-state index in [2.05, 4.69) is 5.32 Å². The summed E-state index contributed by atoms with van der Waals surface area (Å²) >= 11 is 12.5. The van der Waals surface area contributed by atoms with Gasteiger partial charge in [0.15, 0.2) is 0 Å². The van der Waals surface area contributed by atoms with Crippen molar-refractivity contribution in [3.05, 3.63) is 94.5 Å². The topological polar surface area (TPSA) is 86.8 Å². The molecular formula is C30H33Cl2N3O4S. The summed E-state index contributed by atoms with van der Waals surface area (Å²) in [7, 11) is -4.19. The van der Waals surface area contributed by atoms with Crippen LogP contribution >= 0.6 is 23.2 Å². The average molecular weight is 603 g/mol. The van der Waals surface area contributed by atoms with Gasteiger partial charge in [-0.25, -0.2) is 8.42 Å². The van der Waals surface area contributed by atoms with E-state index in [0.717, 1.165) is 35.6 Å². The summed E-state index contributed by atoms with van der Waals surface area (Å²) in [4.78, 5) is 28.7. The maximum atomic E-state index is 14.0. The third-order valence-corrected chi connectivity index (χ3v) is 9.45. The van der Waals surface area contributed by atoms with E-state index in [4.69, 9.17) is 23.2 Å². The lowest BCUT2D eigenvalue weighted by Gasteiger charge is -2.32. The van der Waals surface area contributed by atoms with Crippen molar-refractivity contribution in [2.24, 2.45) is 0 Å². The van der Waals surface area contributed by atoms with Crippen molar-refractivity contribution in [3.63, 3.8) is 0 Å². The zero-order valence-electron chi connectivity index (χ0n) is 22.3. The molecule has 0 aliphatic heterocycles. The van der Waals surface area contributed by atoms with Crippen LogP contribution in [0.15, 0.2) is 83.8 Å². The Balaban J connectivity index is 1.66. The Kier molecular flexibility index (Phi) is 10.1. The highest BCUT2D eigenvalue weighted by molar-refractivity contribution is 7.92. The standard InChI is InChI=1S/C30H33Cl2N3O4S/c1-22(30(37)33-25-12-8-9-13-25)34(19-18-23-10-4-2-5-11-23)29(36)21-35(28-17-16-24(31)20-27(28)32)40(38,39)26-14-6-3-7-15-26/h2-7,10-11,14-17,20,22,25H,8-9,12-13,18-19,21H2,1H3,(H,33,37)/t22-/m0/s1. The second-order valence-electron chi connectivity index (χ2n) is 9.91. The molecule has 3 aromatic carbocycles. The maximum Gasteiger partial charge on any atom is 0.264 e. The highest BCUT2D eigenvalue weighted by atomic mass is 35.5. The highest BCUT2D eigenvalue weighted by Crippen LogP contribution is 2.33. The first kappa shape index (κ1) is 29.9. The maximum absolute atomic E-state index is 14.0. The van der Waals surface area contributed by atoms with Gasteiger partial charge in [0, 0.05) is 17.6 Å². The average Bonchev–Trinajstić information content (AvgIpc) is 3.46. The Morgan fingerprint density at radius 1 is 0.950 bits per heavy atom. The summed E-state index contributed by atoms with van der Waals surface area (Å²) in [6, 6.07) is 21.2. The van der Waals surface area contributed by atoms with Crippen LogP contribution in [-0.2, 0) is 26.0 Å². The SMILES string of the molecule is C[C@@H](C(=O)NC1CCCC1)N(CCc1ccccc1)C(=O)CN(c1ccc(Cl)cc1Cl)S(=O)(=O)c1ccccc1. The van der Waals surface area contributed by atoms with Crippen molar-refractivity contribution in [1.82, 2.24) is 10.2 Å². The van der Waals surface area contributed by atoms with Gasteiger partial charge in [-0.2, -0.15) is 0 Å².